The smallest absolute Gasteiger partial charge is 0.234 e. The molecule has 1 heterocycles. The first kappa shape index (κ1) is 13.5. The molecule has 4 heteroatoms. The van der Waals surface area contributed by atoms with E-state index >= 15 is 0 Å². The molecule has 1 amide bonds. The molecule has 1 aliphatic rings. The van der Waals surface area contributed by atoms with E-state index in [0.717, 1.165) is 26.1 Å². The lowest BCUT2D eigenvalue weighted by atomic mass is 9.92. The maximum Gasteiger partial charge on any atom is 0.234 e. The standard InChI is InChI=1S/C12H25N3O/c1-4-6-14-11-5-7-15(8-9(11)2)10(3)12(13)16/h9-11,14H,4-8H2,1-3H3,(H2,13,16). The first-order valence-electron chi connectivity index (χ1n) is 6.33. The van der Waals surface area contributed by atoms with Crippen LogP contribution >= 0.6 is 0 Å². The molecule has 0 aliphatic carbocycles. The van der Waals surface area contributed by atoms with Gasteiger partial charge in [-0.05, 0) is 32.2 Å². The molecule has 0 bridgehead atoms. The molecule has 0 saturated carbocycles. The summed E-state index contributed by atoms with van der Waals surface area (Å²) in [5.74, 6) is 0.370. The summed E-state index contributed by atoms with van der Waals surface area (Å²) in [5, 5.41) is 3.57. The van der Waals surface area contributed by atoms with E-state index < -0.39 is 0 Å². The van der Waals surface area contributed by atoms with Crippen LogP contribution in [-0.4, -0.2) is 42.5 Å². The lowest BCUT2D eigenvalue weighted by molar-refractivity contribution is -0.123. The Balaban J connectivity index is 2.41. The summed E-state index contributed by atoms with van der Waals surface area (Å²) < 4.78 is 0. The van der Waals surface area contributed by atoms with Gasteiger partial charge in [0.2, 0.25) is 5.91 Å². The molecule has 3 atom stereocenters. The normalized spacial score (nSPS) is 28.9. The van der Waals surface area contributed by atoms with Crippen LogP contribution in [-0.2, 0) is 4.79 Å². The molecule has 94 valence electrons. The van der Waals surface area contributed by atoms with E-state index in [1.165, 1.54) is 6.42 Å². The van der Waals surface area contributed by atoms with Gasteiger partial charge < -0.3 is 11.1 Å². The van der Waals surface area contributed by atoms with Crippen LogP contribution in [0.4, 0.5) is 0 Å². The van der Waals surface area contributed by atoms with Gasteiger partial charge in [0, 0.05) is 19.1 Å². The summed E-state index contributed by atoms with van der Waals surface area (Å²) in [5.41, 5.74) is 5.33. The van der Waals surface area contributed by atoms with Crippen molar-refractivity contribution in [1.29, 1.82) is 0 Å². The summed E-state index contributed by atoms with van der Waals surface area (Å²) >= 11 is 0. The number of hydrogen-bond donors (Lipinski definition) is 2. The van der Waals surface area contributed by atoms with Crippen molar-refractivity contribution in [2.24, 2.45) is 11.7 Å². The average Bonchev–Trinajstić information content (AvgIpc) is 2.26. The van der Waals surface area contributed by atoms with E-state index in [1.807, 2.05) is 6.92 Å². The van der Waals surface area contributed by atoms with Crippen molar-refractivity contribution < 1.29 is 4.79 Å². The highest BCUT2D eigenvalue weighted by atomic mass is 16.1. The van der Waals surface area contributed by atoms with E-state index in [4.69, 9.17) is 5.73 Å². The Morgan fingerprint density at radius 2 is 2.31 bits per heavy atom. The van der Waals surface area contributed by atoms with Crippen molar-refractivity contribution in [2.45, 2.75) is 45.7 Å². The Labute approximate surface area is 98.6 Å². The monoisotopic (exact) mass is 227 g/mol. The molecule has 3 unspecified atom stereocenters. The minimum Gasteiger partial charge on any atom is -0.368 e. The second kappa shape index (κ2) is 6.21. The number of primary amides is 1. The van der Waals surface area contributed by atoms with Crippen molar-refractivity contribution >= 4 is 5.91 Å². The van der Waals surface area contributed by atoms with Crippen molar-refractivity contribution in [3.63, 3.8) is 0 Å². The highest BCUT2D eigenvalue weighted by Crippen LogP contribution is 2.18. The first-order valence-corrected chi connectivity index (χ1v) is 6.33. The van der Waals surface area contributed by atoms with Gasteiger partial charge in [0.1, 0.15) is 0 Å². The van der Waals surface area contributed by atoms with E-state index in [0.29, 0.717) is 12.0 Å². The minimum atomic E-state index is -0.216. The number of carbonyl (C=O) groups is 1. The van der Waals surface area contributed by atoms with Gasteiger partial charge in [-0.15, -0.1) is 0 Å². The zero-order valence-electron chi connectivity index (χ0n) is 10.7. The van der Waals surface area contributed by atoms with Crippen LogP contribution in [0.3, 0.4) is 0 Å². The molecule has 1 fully saturated rings. The highest BCUT2D eigenvalue weighted by Gasteiger charge is 2.29. The lowest BCUT2D eigenvalue weighted by Gasteiger charge is -2.39. The number of nitrogens with one attached hydrogen (secondary N) is 1. The third-order valence-electron chi connectivity index (χ3n) is 3.55. The average molecular weight is 227 g/mol. The van der Waals surface area contributed by atoms with Gasteiger partial charge in [-0.1, -0.05) is 13.8 Å². The Hall–Kier alpha value is -0.610. The topological polar surface area (TPSA) is 58.4 Å². The van der Waals surface area contributed by atoms with Gasteiger partial charge in [0.15, 0.2) is 0 Å². The molecule has 1 saturated heterocycles. The fourth-order valence-electron chi connectivity index (χ4n) is 2.34. The van der Waals surface area contributed by atoms with E-state index in [9.17, 15) is 4.79 Å². The Bertz CT molecular complexity index is 232. The van der Waals surface area contributed by atoms with Crippen molar-refractivity contribution in [2.75, 3.05) is 19.6 Å². The Kier molecular flexibility index (Phi) is 5.22. The SMILES string of the molecule is CCCNC1CCN(C(C)C(N)=O)CC1C. The summed E-state index contributed by atoms with van der Waals surface area (Å²) in [6.07, 6.45) is 2.28. The minimum absolute atomic E-state index is 0.130. The second-order valence-corrected chi connectivity index (χ2v) is 4.90. The van der Waals surface area contributed by atoms with Gasteiger partial charge in [0.05, 0.1) is 6.04 Å². The number of rotatable bonds is 5. The number of piperidine rings is 1. The molecular weight excluding hydrogens is 202 g/mol. The molecule has 1 rings (SSSR count). The van der Waals surface area contributed by atoms with Gasteiger partial charge in [-0.3, -0.25) is 9.69 Å². The van der Waals surface area contributed by atoms with E-state index in [2.05, 4.69) is 24.1 Å². The van der Waals surface area contributed by atoms with Crippen molar-refractivity contribution in [3.8, 4) is 0 Å². The van der Waals surface area contributed by atoms with Gasteiger partial charge in [-0.25, -0.2) is 0 Å². The number of nitrogens with zero attached hydrogens (tertiary/aromatic N) is 1. The third-order valence-corrected chi connectivity index (χ3v) is 3.55. The number of amides is 1. The molecule has 4 nitrogen and oxygen atoms in total. The maximum absolute atomic E-state index is 11.1. The van der Waals surface area contributed by atoms with Crippen LogP contribution < -0.4 is 11.1 Å². The van der Waals surface area contributed by atoms with E-state index in [1.54, 1.807) is 0 Å². The van der Waals surface area contributed by atoms with Gasteiger partial charge >= 0.3 is 0 Å². The van der Waals surface area contributed by atoms with Crippen LogP contribution in [0.1, 0.15) is 33.6 Å². The van der Waals surface area contributed by atoms with Gasteiger partial charge in [0.25, 0.3) is 0 Å². The molecule has 3 N–H and O–H groups in total. The second-order valence-electron chi connectivity index (χ2n) is 4.90. The quantitative estimate of drug-likeness (QED) is 0.722. The molecule has 0 aromatic carbocycles. The summed E-state index contributed by atoms with van der Waals surface area (Å²) in [6.45, 7) is 9.34. The predicted molar refractivity (Wildman–Crippen MR) is 66.1 cm³/mol. The zero-order chi connectivity index (χ0) is 12.1. The van der Waals surface area contributed by atoms with Crippen LogP contribution in [0.5, 0.6) is 0 Å². The highest BCUT2D eigenvalue weighted by molar-refractivity contribution is 5.79. The van der Waals surface area contributed by atoms with Crippen molar-refractivity contribution in [3.05, 3.63) is 0 Å². The first-order chi connectivity index (χ1) is 7.56. The Morgan fingerprint density at radius 1 is 1.62 bits per heavy atom. The number of nitrogens with two attached hydrogens (primary N) is 1. The van der Waals surface area contributed by atoms with Crippen LogP contribution in [0.25, 0.3) is 0 Å². The van der Waals surface area contributed by atoms with Crippen molar-refractivity contribution in [1.82, 2.24) is 10.2 Å². The lowest BCUT2D eigenvalue weighted by Crippen LogP contribution is -2.53. The fraction of sp³-hybridized carbons (Fsp3) is 0.917. The predicted octanol–water partition coefficient (Wildman–Crippen LogP) is 0.570. The Morgan fingerprint density at radius 3 is 2.81 bits per heavy atom. The molecule has 16 heavy (non-hydrogen) atoms. The summed E-state index contributed by atoms with van der Waals surface area (Å²) in [4.78, 5) is 13.3. The zero-order valence-corrected chi connectivity index (χ0v) is 10.7. The molecular formula is C12H25N3O. The molecule has 0 radical (unpaired) electrons. The summed E-state index contributed by atoms with van der Waals surface area (Å²) in [7, 11) is 0. The molecule has 0 spiro atoms. The summed E-state index contributed by atoms with van der Waals surface area (Å²) in [6, 6.07) is 0.464. The third kappa shape index (κ3) is 3.46. The van der Waals surface area contributed by atoms with Crippen LogP contribution in [0.15, 0.2) is 0 Å². The fourth-order valence-corrected chi connectivity index (χ4v) is 2.34. The maximum atomic E-state index is 11.1. The molecule has 1 aliphatic heterocycles. The molecule has 0 aromatic rings. The number of likely N-dealkylation sites (tertiary alicyclic amines) is 1. The molecule has 0 aromatic heterocycles. The number of carbonyl (C=O) groups excluding carboxylic acids is 1. The number of hydrogen-bond acceptors (Lipinski definition) is 3. The largest absolute Gasteiger partial charge is 0.368 e. The van der Waals surface area contributed by atoms with Gasteiger partial charge in [-0.2, -0.15) is 0 Å². The van der Waals surface area contributed by atoms with Crippen LogP contribution in [0, 0.1) is 5.92 Å². The van der Waals surface area contributed by atoms with Crippen LogP contribution in [0.2, 0.25) is 0 Å². The van der Waals surface area contributed by atoms with E-state index in [-0.39, 0.29) is 11.9 Å².